The van der Waals surface area contributed by atoms with Gasteiger partial charge in [-0.05, 0) is 40.2 Å². The molecule has 0 saturated heterocycles. The van der Waals surface area contributed by atoms with Gasteiger partial charge in [0.1, 0.15) is 16.0 Å². The Morgan fingerprint density at radius 1 is 1.26 bits per heavy atom. The molecular formula is C12H6BrClFNO3. The number of rotatable bonds is 3. The van der Waals surface area contributed by atoms with Crippen LogP contribution in [-0.2, 0) is 0 Å². The van der Waals surface area contributed by atoms with Gasteiger partial charge in [-0.3, -0.25) is 10.1 Å². The van der Waals surface area contributed by atoms with Gasteiger partial charge in [0.05, 0.1) is 11.0 Å². The highest BCUT2D eigenvalue weighted by Gasteiger charge is 2.19. The molecule has 0 radical (unpaired) electrons. The quantitative estimate of drug-likeness (QED) is 0.584. The molecule has 0 aliphatic rings. The molecule has 98 valence electrons. The number of nitro benzene ring substituents is 1. The van der Waals surface area contributed by atoms with Gasteiger partial charge in [0.15, 0.2) is 5.75 Å². The van der Waals surface area contributed by atoms with Crippen LogP contribution in [0, 0.1) is 15.9 Å². The molecule has 0 unspecified atom stereocenters. The average Bonchev–Trinajstić information content (AvgIpc) is 2.35. The molecule has 2 aromatic carbocycles. The summed E-state index contributed by atoms with van der Waals surface area (Å²) < 4.78 is 18.8. The summed E-state index contributed by atoms with van der Waals surface area (Å²) in [4.78, 5) is 10.1. The van der Waals surface area contributed by atoms with Crippen LogP contribution in [0.4, 0.5) is 10.1 Å². The summed E-state index contributed by atoms with van der Waals surface area (Å²) in [7, 11) is 0. The van der Waals surface area contributed by atoms with Crippen molar-refractivity contribution in [3.8, 4) is 11.5 Å². The molecule has 0 bridgehead atoms. The maximum absolute atomic E-state index is 13.3. The minimum atomic E-state index is -0.751. The Hall–Kier alpha value is -1.66. The summed E-state index contributed by atoms with van der Waals surface area (Å²) in [6.07, 6.45) is 0. The van der Waals surface area contributed by atoms with Crippen LogP contribution >= 0.6 is 27.5 Å². The standard InChI is InChI=1S/C12H6BrClFNO3/c13-12-10(16(17)18)5-8(15)6-11(12)19-9-3-1-7(14)2-4-9/h1-6H. The number of halogens is 3. The van der Waals surface area contributed by atoms with Gasteiger partial charge in [-0.1, -0.05) is 11.6 Å². The number of nitrogens with zero attached hydrogens (tertiary/aromatic N) is 1. The van der Waals surface area contributed by atoms with Crippen molar-refractivity contribution < 1.29 is 14.1 Å². The van der Waals surface area contributed by atoms with E-state index in [4.69, 9.17) is 16.3 Å². The molecule has 7 heteroatoms. The minimum Gasteiger partial charge on any atom is -0.456 e. The molecule has 0 amide bonds. The molecule has 0 fully saturated rings. The Kier molecular flexibility index (Phi) is 4.01. The third-order valence-electron chi connectivity index (χ3n) is 2.22. The zero-order chi connectivity index (χ0) is 14.0. The molecule has 0 N–H and O–H groups in total. The van der Waals surface area contributed by atoms with Crippen LogP contribution in [0.1, 0.15) is 0 Å². The Labute approximate surface area is 121 Å². The van der Waals surface area contributed by atoms with Crippen LogP contribution in [0.3, 0.4) is 0 Å². The van der Waals surface area contributed by atoms with E-state index in [-0.39, 0.29) is 10.2 Å². The zero-order valence-electron chi connectivity index (χ0n) is 9.27. The first kappa shape index (κ1) is 13.8. The van der Waals surface area contributed by atoms with Gasteiger partial charge in [-0.2, -0.15) is 0 Å². The van der Waals surface area contributed by atoms with E-state index in [0.29, 0.717) is 10.8 Å². The Morgan fingerprint density at radius 2 is 1.89 bits per heavy atom. The smallest absolute Gasteiger partial charge is 0.290 e. The molecule has 2 rings (SSSR count). The molecule has 0 aromatic heterocycles. The van der Waals surface area contributed by atoms with Crippen molar-refractivity contribution >= 4 is 33.2 Å². The monoisotopic (exact) mass is 345 g/mol. The van der Waals surface area contributed by atoms with E-state index < -0.39 is 16.4 Å². The lowest BCUT2D eigenvalue weighted by molar-refractivity contribution is -0.385. The van der Waals surface area contributed by atoms with Crippen molar-refractivity contribution in [3.05, 3.63) is 61.8 Å². The lowest BCUT2D eigenvalue weighted by Gasteiger charge is -2.08. The number of benzene rings is 2. The summed E-state index contributed by atoms with van der Waals surface area (Å²) in [5.41, 5.74) is -0.399. The number of nitro groups is 1. The molecule has 0 aliphatic heterocycles. The summed E-state index contributed by atoms with van der Waals surface area (Å²) in [6.45, 7) is 0. The molecule has 0 atom stereocenters. The van der Waals surface area contributed by atoms with Crippen molar-refractivity contribution in [3.63, 3.8) is 0 Å². The van der Waals surface area contributed by atoms with Gasteiger partial charge in [-0.25, -0.2) is 4.39 Å². The molecule has 0 aliphatic carbocycles. The topological polar surface area (TPSA) is 52.4 Å². The fourth-order valence-corrected chi connectivity index (χ4v) is 1.97. The molecule has 0 heterocycles. The van der Waals surface area contributed by atoms with Crippen molar-refractivity contribution in [1.29, 1.82) is 0 Å². The zero-order valence-corrected chi connectivity index (χ0v) is 11.6. The first-order chi connectivity index (χ1) is 8.97. The lowest BCUT2D eigenvalue weighted by Crippen LogP contribution is -1.94. The van der Waals surface area contributed by atoms with Crippen molar-refractivity contribution in [1.82, 2.24) is 0 Å². The van der Waals surface area contributed by atoms with Crippen LogP contribution in [0.2, 0.25) is 5.02 Å². The SMILES string of the molecule is O=[N+]([O-])c1cc(F)cc(Oc2ccc(Cl)cc2)c1Br. The molecule has 2 aromatic rings. The van der Waals surface area contributed by atoms with Crippen molar-refractivity contribution in [2.45, 2.75) is 0 Å². The van der Waals surface area contributed by atoms with Crippen molar-refractivity contribution in [2.75, 3.05) is 0 Å². The second-order valence-electron chi connectivity index (χ2n) is 3.55. The van der Waals surface area contributed by atoms with E-state index in [1.54, 1.807) is 24.3 Å². The van der Waals surface area contributed by atoms with E-state index in [9.17, 15) is 14.5 Å². The predicted octanol–water partition coefficient (Wildman–Crippen LogP) is 4.94. The highest BCUT2D eigenvalue weighted by Crippen LogP contribution is 2.37. The van der Waals surface area contributed by atoms with E-state index in [1.807, 2.05) is 0 Å². The van der Waals surface area contributed by atoms with Gasteiger partial charge >= 0.3 is 0 Å². The van der Waals surface area contributed by atoms with Crippen LogP contribution in [0.15, 0.2) is 40.9 Å². The normalized spacial score (nSPS) is 10.3. The largest absolute Gasteiger partial charge is 0.456 e. The maximum Gasteiger partial charge on any atom is 0.290 e. The van der Waals surface area contributed by atoms with E-state index >= 15 is 0 Å². The van der Waals surface area contributed by atoms with Gasteiger partial charge in [0.25, 0.3) is 5.69 Å². The lowest BCUT2D eigenvalue weighted by atomic mass is 10.3. The Balaban J connectivity index is 2.39. The number of hydrogen-bond acceptors (Lipinski definition) is 3. The average molecular weight is 347 g/mol. The van der Waals surface area contributed by atoms with Crippen LogP contribution in [0.25, 0.3) is 0 Å². The first-order valence-electron chi connectivity index (χ1n) is 5.04. The fourth-order valence-electron chi connectivity index (χ4n) is 1.39. The van der Waals surface area contributed by atoms with Crippen LogP contribution < -0.4 is 4.74 Å². The van der Waals surface area contributed by atoms with Gasteiger partial charge in [0, 0.05) is 11.1 Å². The summed E-state index contributed by atoms with van der Waals surface area (Å²) in [6, 6.07) is 8.22. The molecule has 0 spiro atoms. The third-order valence-corrected chi connectivity index (χ3v) is 3.27. The summed E-state index contributed by atoms with van der Waals surface area (Å²) in [5, 5.41) is 11.3. The Bertz CT molecular complexity index is 634. The maximum atomic E-state index is 13.3. The number of ether oxygens (including phenoxy) is 1. The van der Waals surface area contributed by atoms with Crippen LogP contribution in [-0.4, -0.2) is 4.92 Å². The van der Waals surface area contributed by atoms with E-state index in [0.717, 1.165) is 12.1 Å². The van der Waals surface area contributed by atoms with Gasteiger partial charge in [-0.15, -0.1) is 0 Å². The van der Waals surface area contributed by atoms with Gasteiger partial charge in [0.2, 0.25) is 0 Å². The summed E-state index contributed by atoms with van der Waals surface area (Å²) >= 11 is 8.75. The number of hydrogen-bond donors (Lipinski definition) is 0. The fraction of sp³-hybridized carbons (Fsp3) is 0. The predicted molar refractivity (Wildman–Crippen MR) is 72.3 cm³/mol. The van der Waals surface area contributed by atoms with Gasteiger partial charge < -0.3 is 4.74 Å². The molecular weight excluding hydrogens is 340 g/mol. The van der Waals surface area contributed by atoms with E-state index in [1.165, 1.54) is 0 Å². The highest BCUT2D eigenvalue weighted by molar-refractivity contribution is 9.10. The molecule has 4 nitrogen and oxygen atoms in total. The first-order valence-corrected chi connectivity index (χ1v) is 6.21. The van der Waals surface area contributed by atoms with Crippen molar-refractivity contribution in [2.24, 2.45) is 0 Å². The second-order valence-corrected chi connectivity index (χ2v) is 4.78. The van der Waals surface area contributed by atoms with Crippen LogP contribution in [0.5, 0.6) is 11.5 Å². The third kappa shape index (κ3) is 3.21. The summed E-state index contributed by atoms with van der Waals surface area (Å²) in [5.74, 6) is -0.335. The minimum absolute atomic E-state index is 0.0222. The van der Waals surface area contributed by atoms with E-state index in [2.05, 4.69) is 15.9 Å². The Morgan fingerprint density at radius 3 is 2.47 bits per heavy atom. The molecule has 0 saturated carbocycles. The second kappa shape index (κ2) is 5.54. The molecule has 19 heavy (non-hydrogen) atoms. The highest BCUT2D eigenvalue weighted by atomic mass is 79.9.